The highest BCUT2D eigenvalue weighted by Crippen LogP contribution is 2.29. The molecule has 0 bridgehead atoms. The lowest BCUT2D eigenvalue weighted by atomic mass is 9.99. The molecule has 0 aromatic carbocycles. The van der Waals surface area contributed by atoms with Crippen LogP contribution in [0.4, 0.5) is 0 Å². The smallest absolute Gasteiger partial charge is 0.0981 e. The van der Waals surface area contributed by atoms with E-state index in [1.54, 1.807) is 0 Å². The van der Waals surface area contributed by atoms with Crippen molar-refractivity contribution in [3.8, 4) is 6.07 Å². The maximum absolute atomic E-state index is 9.80. The van der Waals surface area contributed by atoms with Crippen LogP contribution in [0, 0.1) is 11.3 Å². The van der Waals surface area contributed by atoms with Gasteiger partial charge in [-0.15, -0.1) is 0 Å². The van der Waals surface area contributed by atoms with Crippen LogP contribution in [0.25, 0.3) is 0 Å². The van der Waals surface area contributed by atoms with Crippen molar-refractivity contribution >= 4 is 0 Å². The summed E-state index contributed by atoms with van der Waals surface area (Å²) in [6, 6.07) is 2.69. The Kier molecular flexibility index (Phi) is 3.05. The van der Waals surface area contributed by atoms with Gasteiger partial charge in [0.2, 0.25) is 0 Å². The quantitative estimate of drug-likeness (QED) is 0.684. The van der Waals surface area contributed by atoms with Crippen LogP contribution in [0.15, 0.2) is 0 Å². The number of aliphatic hydroxyl groups excluding tert-OH is 1. The fraction of sp³-hybridized carbons (Fsp3) is 0.909. The third-order valence-electron chi connectivity index (χ3n) is 3.56. The van der Waals surface area contributed by atoms with Crippen LogP contribution < -0.4 is 0 Å². The van der Waals surface area contributed by atoms with Gasteiger partial charge in [0, 0.05) is 6.04 Å². The van der Waals surface area contributed by atoms with Crippen molar-refractivity contribution in [3.63, 3.8) is 0 Å². The van der Waals surface area contributed by atoms with Crippen molar-refractivity contribution in [2.45, 2.75) is 56.7 Å². The lowest BCUT2D eigenvalue weighted by Gasteiger charge is -2.37. The topological polar surface area (TPSA) is 47.3 Å². The molecule has 0 aromatic rings. The number of nitrogens with zero attached hydrogens (tertiary/aromatic N) is 2. The van der Waals surface area contributed by atoms with Gasteiger partial charge < -0.3 is 5.11 Å². The van der Waals surface area contributed by atoms with Crippen molar-refractivity contribution in [3.05, 3.63) is 0 Å². The third kappa shape index (κ3) is 1.77. The Balaban J connectivity index is 2.03. The van der Waals surface area contributed by atoms with Gasteiger partial charge in [-0.2, -0.15) is 5.26 Å². The lowest BCUT2D eigenvalue weighted by Crippen LogP contribution is -2.48. The highest BCUT2D eigenvalue weighted by Gasteiger charge is 2.35. The molecule has 1 heterocycles. The Hall–Kier alpha value is -0.590. The Morgan fingerprint density at radius 3 is 2.64 bits per heavy atom. The average Bonchev–Trinajstić information content (AvgIpc) is 2.64. The van der Waals surface area contributed by atoms with Gasteiger partial charge in [-0.05, 0) is 45.1 Å². The first kappa shape index (κ1) is 9.95. The van der Waals surface area contributed by atoms with E-state index in [9.17, 15) is 5.11 Å². The Morgan fingerprint density at radius 2 is 2.00 bits per heavy atom. The molecule has 1 aliphatic heterocycles. The normalized spacial score (nSPS) is 39.6. The SMILES string of the molecule is N#CC1CCCCN1C1CCCC1O. The zero-order valence-corrected chi connectivity index (χ0v) is 8.52. The summed E-state index contributed by atoms with van der Waals surface area (Å²) in [5.41, 5.74) is 0. The molecule has 14 heavy (non-hydrogen) atoms. The fourth-order valence-electron chi connectivity index (χ4n) is 2.80. The molecular formula is C11H18N2O. The molecule has 0 aromatic heterocycles. The molecule has 2 rings (SSSR count). The van der Waals surface area contributed by atoms with Crippen LogP contribution in [-0.4, -0.2) is 34.7 Å². The standard InChI is InChI=1S/C11H18N2O/c12-8-9-4-1-2-7-13(9)10-5-3-6-11(10)14/h9-11,14H,1-7H2. The summed E-state index contributed by atoms with van der Waals surface area (Å²) in [7, 11) is 0. The minimum atomic E-state index is -0.191. The molecule has 3 atom stereocenters. The molecule has 1 N–H and O–H groups in total. The molecule has 3 unspecified atom stereocenters. The predicted molar refractivity (Wildman–Crippen MR) is 53.6 cm³/mol. The van der Waals surface area contributed by atoms with Crippen LogP contribution in [0.5, 0.6) is 0 Å². The summed E-state index contributed by atoms with van der Waals surface area (Å²) in [4.78, 5) is 2.24. The number of aliphatic hydroxyl groups is 1. The van der Waals surface area contributed by atoms with E-state index in [1.807, 2.05) is 0 Å². The highest BCUT2D eigenvalue weighted by atomic mass is 16.3. The summed E-state index contributed by atoms with van der Waals surface area (Å²) in [5, 5.41) is 18.8. The summed E-state index contributed by atoms with van der Waals surface area (Å²) < 4.78 is 0. The summed E-state index contributed by atoms with van der Waals surface area (Å²) in [6.45, 7) is 1.000. The number of hydrogen-bond acceptors (Lipinski definition) is 3. The summed E-state index contributed by atoms with van der Waals surface area (Å²) in [6.07, 6.45) is 6.24. The van der Waals surface area contributed by atoms with Gasteiger partial charge >= 0.3 is 0 Å². The Labute approximate surface area is 85.3 Å². The van der Waals surface area contributed by atoms with Gasteiger partial charge in [-0.25, -0.2) is 0 Å². The number of rotatable bonds is 1. The van der Waals surface area contributed by atoms with Crippen molar-refractivity contribution in [1.29, 1.82) is 5.26 Å². The van der Waals surface area contributed by atoms with Gasteiger partial charge in [0.05, 0.1) is 18.2 Å². The molecule has 0 spiro atoms. The van der Waals surface area contributed by atoms with Crippen LogP contribution in [0.2, 0.25) is 0 Å². The monoisotopic (exact) mass is 194 g/mol. The van der Waals surface area contributed by atoms with Gasteiger partial charge in [0.15, 0.2) is 0 Å². The summed E-state index contributed by atoms with van der Waals surface area (Å²) >= 11 is 0. The van der Waals surface area contributed by atoms with Crippen molar-refractivity contribution in [2.24, 2.45) is 0 Å². The number of nitriles is 1. The van der Waals surface area contributed by atoms with Crippen LogP contribution in [0.1, 0.15) is 38.5 Å². The fourth-order valence-corrected chi connectivity index (χ4v) is 2.80. The van der Waals surface area contributed by atoms with E-state index in [2.05, 4.69) is 11.0 Å². The number of hydrogen-bond donors (Lipinski definition) is 1. The zero-order chi connectivity index (χ0) is 9.97. The second kappa shape index (κ2) is 4.29. The molecule has 1 aliphatic carbocycles. The maximum atomic E-state index is 9.80. The largest absolute Gasteiger partial charge is 0.391 e. The first-order valence-corrected chi connectivity index (χ1v) is 5.66. The second-order valence-electron chi connectivity index (χ2n) is 4.44. The van der Waals surface area contributed by atoms with Crippen molar-refractivity contribution < 1.29 is 5.11 Å². The van der Waals surface area contributed by atoms with E-state index in [1.165, 1.54) is 6.42 Å². The molecule has 2 fully saturated rings. The van der Waals surface area contributed by atoms with E-state index >= 15 is 0 Å². The van der Waals surface area contributed by atoms with Gasteiger partial charge in [0.1, 0.15) is 0 Å². The maximum Gasteiger partial charge on any atom is 0.0981 e. The predicted octanol–water partition coefficient (Wildman–Crippen LogP) is 1.28. The molecule has 78 valence electrons. The number of likely N-dealkylation sites (tertiary alicyclic amines) is 1. The molecular weight excluding hydrogens is 176 g/mol. The van der Waals surface area contributed by atoms with Gasteiger partial charge in [-0.1, -0.05) is 0 Å². The number of piperidine rings is 1. The summed E-state index contributed by atoms with van der Waals surface area (Å²) in [5.74, 6) is 0. The molecule has 0 amide bonds. The van der Waals surface area contributed by atoms with Crippen LogP contribution in [-0.2, 0) is 0 Å². The van der Waals surface area contributed by atoms with E-state index in [-0.39, 0.29) is 18.2 Å². The minimum Gasteiger partial charge on any atom is -0.391 e. The highest BCUT2D eigenvalue weighted by molar-refractivity contribution is 4.99. The van der Waals surface area contributed by atoms with E-state index in [0.717, 1.165) is 38.6 Å². The molecule has 0 radical (unpaired) electrons. The lowest BCUT2D eigenvalue weighted by molar-refractivity contribution is 0.0411. The van der Waals surface area contributed by atoms with E-state index < -0.39 is 0 Å². The zero-order valence-electron chi connectivity index (χ0n) is 8.52. The van der Waals surface area contributed by atoms with Gasteiger partial charge in [0.25, 0.3) is 0 Å². The van der Waals surface area contributed by atoms with E-state index in [0.29, 0.717) is 0 Å². The van der Waals surface area contributed by atoms with Crippen LogP contribution >= 0.6 is 0 Å². The molecule has 1 saturated carbocycles. The molecule has 2 aliphatic rings. The van der Waals surface area contributed by atoms with E-state index in [4.69, 9.17) is 5.26 Å². The van der Waals surface area contributed by atoms with Gasteiger partial charge in [-0.3, -0.25) is 4.90 Å². The molecule has 1 saturated heterocycles. The molecule has 3 heteroatoms. The Morgan fingerprint density at radius 1 is 1.14 bits per heavy atom. The first-order chi connectivity index (χ1) is 6.83. The van der Waals surface area contributed by atoms with Crippen LogP contribution in [0.3, 0.4) is 0 Å². The minimum absolute atomic E-state index is 0.0569. The average molecular weight is 194 g/mol. The Bertz CT molecular complexity index is 236. The van der Waals surface area contributed by atoms with Crippen molar-refractivity contribution in [2.75, 3.05) is 6.54 Å². The van der Waals surface area contributed by atoms with Crippen molar-refractivity contribution in [1.82, 2.24) is 4.90 Å². The molecule has 3 nitrogen and oxygen atoms in total. The first-order valence-electron chi connectivity index (χ1n) is 5.66. The third-order valence-corrected chi connectivity index (χ3v) is 3.56. The second-order valence-corrected chi connectivity index (χ2v) is 4.44.